The average Bonchev–Trinajstić information content (AvgIpc) is 2.39. The highest BCUT2D eigenvalue weighted by Gasteiger charge is 2.17. The van der Waals surface area contributed by atoms with Gasteiger partial charge < -0.3 is 9.29 Å². The Morgan fingerprint density at radius 1 is 1.05 bits per heavy atom. The Balaban J connectivity index is 2.34. The molecule has 0 amide bonds. The first kappa shape index (κ1) is 13.9. The lowest BCUT2D eigenvalue weighted by Crippen LogP contribution is -2.10. The van der Waals surface area contributed by atoms with Gasteiger partial charge in [0.25, 0.3) is 0 Å². The summed E-state index contributed by atoms with van der Waals surface area (Å²) in [6.45, 7) is -0.299. The van der Waals surface area contributed by atoms with E-state index in [4.69, 9.17) is 20.9 Å². The van der Waals surface area contributed by atoms with E-state index < -0.39 is 10.1 Å². The van der Waals surface area contributed by atoms with E-state index in [2.05, 4.69) is 0 Å². The molecule has 0 saturated heterocycles. The van der Waals surface area contributed by atoms with Gasteiger partial charge in [-0.05, 0) is 30.3 Å². The highest BCUT2D eigenvalue weighted by Crippen LogP contribution is 2.23. The molecule has 0 atom stereocenters. The number of hydrogen-bond acceptors (Lipinski definition) is 4. The third-order valence-electron chi connectivity index (χ3n) is 2.44. The second kappa shape index (κ2) is 5.61. The van der Waals surface area contributed by atoms with E-state index in [9.17, 15) is 8.42 Å². The van der Waals surface area contributed by atoms with Gasteiger partial charge in [-0.15, -0.1) is 0 Å². The number of aliphatic hydroxyl groups excluding tert-OH is 1. The first-order chi connectivity index (χ1) is 9.03. The summed E-state index contributed by atoms with van der Waals surface area (Å²) in [5.41, 5.74) is 0.403. The van der Waals surface area contributed by atoms with Gasteiger partial charge in [0, 0.05) is 10.6 Å². The van der Waals surface area contributed by atoms with Crippen LogP contribution in [0.4, 0.5) is 0 Å². The maximum absolute atomic E-state index is 12.0. The van der Waals surface area contributed by atoms with Gasteiger partial charge in [-0.25, -0.2) is 0 Å². The fraction of sp³-hybridized carbons (Fsp3) is 0.0769. The van der Waals surface area contributed by atoms with Crippen LogP contribution >= 0.6 is 11.6 Å². The topological polar surface area (TPSA) is 63.6 Å². The molecule has 0 heterocycles. The van der Waals surface area contributed by atoms with Gasteiger partial charge >= 0.3 is 10.1 Å². The van der Waals surface area contributed by atoms with Crippen molar-refractivity contribution < 1.29 is 17.7 Å². The highest BCUT2D eigenvalue weighted by molar-refractivity contribution is 7.87. The highest BCUT2D eigenvalue weighted by atomic mass is 35.5. The molecule has 6 heteroatoms. The van der Waals surface area contributed by atoms with Gasteiger partial charge in [-0.2, -0.15) is 8.42 Å². The van der Waals surface area contributed by atoms with E-state index in [0.29, 0.717) is 10.6 Å². The van der Waals surface area contributed by atoms with E-state index >= 15 is 0 Å². The van der Waals surface area contributed by atoms with E-state index in [1.54, 1.807) is 18.2 Å². The van der Waals surface area contributed by atoms with E-state index in [0.717, 1.165) is 0 Å². The summed E-state index contributed by atoms with van der Waals surface area (Å²) < 4.78 is 29.1. The molecule has 0 fully saturated rings. The number of halogens is 1. The minimum atomic E-state index is -3.93. The summed E-state index contributed by atoms with van der Waals surface area (Å²) in [5.74, 6) is 0.111. The third-order valence-corrected chi connectivity index (χ3v) is 3.95. The van der Waals surface area contributed by atoms with Crippen molar-refractivity contribution in [3.63, 3.8) is 0 Å². The number of aliphatic hydroxyl groups is 1. The van der Waals surface area contributed by atoms with Gasteiger partial charge in [-0.3, -0.25) is 0 Å². The number of hydrogen-bond donors (Lipinski definition) is 1. The fourth-order valence-electron chi connectivity index (χ4n) is 1.48. The minimum absolute atomic E-state index is 0.00430. The van der Waals surface area contributed by atoms with E-state index in [1.165, 1.54) is 30.3 Å². The first-order valence-corrected chi connectivity index (χ1v) is 7.20. The van der Waals surface area contributed by atoms with Crippen LogP contribution in [-0.4, -0.2) is 13.5 Å². The Hall–Kier alpha value is -1.56. The molecular formula is C13H11ClO4S. The summed E-state index contributed by atoms with van der Waals surface area (Å²) in [6.07, 6.45) is 0. The monoisotopic (exact) mass is 298 g/mol. The van der Waals surface area contributed by atoms with Crippen LogP contribution in [0.3, 0.4) is 0 Å². The van der Waals surface area contributed by atoms with Crippen molar-refractivity contribution in [3.05, 3.63) is 59.1 Å². The van der Waals surface area contributed by atoms with Crippen LogP contribution in [-0.2, 0) is 16.7 Å². The molecule has 0 aliphatic rings. The zero-order chi connectivity index (χ0) is 13.9. The third kappa shape index (κ3) is 3.26. The van der Waals surface area contributed by atoms with Crippen molar-refractivity contribution in [2.75, 3.05) is 0 Å². The molecule has 4 nitrogen and oxygen atoms in total. The summed E-state index contributed by atoms with van der Waals surface area (Å²) in [7, 11) is -3.93. The Kier molecular flexibility index (Phi) is 4.09. The van der Waals surface area contributed by atoms with Crippen LogP contribution < -0.4 is 4.18 Å². The molecular weight excluding hydrogens is 288 g/mol. The van der Waals surface area contributed by atoms with Crippen LogP contribution in [0, 0.1) is 0 Å². The van der Waals surface area contributed by atoms with E-state index in [-0.39, 0.29) is 17.3 Å². The zero-order valence-corrected chi connectivity index (χ0v) is 11.4. The molecule has 0 unspecified atom stereocenters. The second-order valence-corrected chi connectivity index (χ2v) is 5.74. The van der Waals surface area contributed by atoms with Crippen molar-refractivity contribution in [2.45, 2.75) is 11.5 Å². The number of para-hydroxylation sites is 1. The Bertz CT molecular complexity index is 665. The summed E-state index contributed by atoms with van der Waals surface area (Å²) >= 11 is 5.70. The maximum Gasteiger partial charge on any atom is 0.339 e. The molecule has 0 aliphatic heterocycles. The zero-order valence-electron chi connectivity index (χ0n) is 9.78. The van der Waals surface area contributed by atoms with Crippen molar-refractivity contribution in [3.8, 4) is 5.75 Å². The van der Waals surface area contributed by atoms with Gasteiger partial charge in [0.2, 0.25) is 0 Å². The fourth-order valence-corrected chi connectivity index (χ4v) is 2.57. The first-order valence-electron chi connectivity index (χ1n) is 5.42. The van der Waals surface area contributed by atoms with Gasteiger partial charge in [0.05, 0.1) is 6.61 Å². The van der Waals surface area contributed by atoms with Crippen LogP contribution in [0.15, 0.2) is 53.4 Å². The lowest BCUT2D eigenvalue weighted by atomic mass is 10.2. The maximum atomic E-state index is 12.0. The van der Waals surface area contributed by atoms with Crippen molar-refractivity contribution in [1.82, 2.24) is 0 Å². The van der Waals surface area contributed by atoms with Crippen LogP contribution in [0.1, 0.15) is 5.56 Å². The van der Waals surface area contributed by atoms with Gasteiger partial charge in [0.1, 0.15) is 10.6 Å². The summed E-state index contributed by atoms with van der Waals surface area (Å²) in [4.78, 5) is 0.00430. The molecule has 100 valence electrons. The molecule has 0 aromatic heterocycles. The Morgan fingerprint density at radius 3 is 2.32 bits per heavy atom. The molecule has 0 spiro atoms. The van der Waals surface area contributed by atoms with Crippen molar-refractivity contribution in [1.29, 1.82) is 0 Å². The lowest BCUT2D eigenvalue weighted by molar-refractivity contribution is 0.278. The normalized spacial score (nSPS) is 11.3. The Morgan fingerprint density at radius 2 is 1.68 bits per heavy atom. The summed E-state index contributed by atoms with van der Waals surface area (Å²) in [6, 6.07) is 12.1. The van der Waals surface area contributed by atoms with Gasteiger partial charge in [0.15, 0.2) is 0 Å². The van der Waals surface area contributed by atoms with Crippen LogP contribution in [0.5, 0.6) is 5.75 Å². The smallest absolute Gasteiger partial charge is 0.339 e. The van der Waals surface area contributed by atoms with Crippen molar-refractivity contribution in [2.24, 2.45) is 0 Å². The number of benzene rings is 2. The van der Waals surface area contributed by atoms with Crippen LogP contribution in [0.2, 0.25) is 5.02 Å². The van der Waals surface area contributed by atoms with E-state index in [1.807, 2.05) is 0 Å². The molecule has 19 heavy (non-hydrogen) atoms. The SMILES string of the molecule is O=S(=O)(Oc1ccccc1CO)c1ccc(Cl)cc1. The summed E-state index contributed by atoms with van der Waals surface area (Å²) in [5, 5.41) is 9.57. The van der Waals surface area contributed by atoms with Crippen LogP contribution in [0.25, 0.3) is 0 Å². The molecule has 0 saturated carbocycles. The predicted molar refractivity (Wildman–Crippen MR) is 71.6 cm³/mol. The van der Waals surface area contributed by atoms with Gasteiger partial charge in [-0.1, -0.05) is 29.8 Å². The molecule has 2 rings (SSSR count). The molecule has 2 aromatic rings. The number of rotatable bonds is 4. The Labute approximate surface area is 116 Å². The standard InChI is InChI=1S/C13H11ClO4S/c14-11-5-7-12(8-6-11)19(16,17)18-13-4-2-1-3-10(13)9-15/h1-8,15H,9H2. The minimum Gasteiger partial charge on any atom is -0.392 e. The molecule has 0 aliphatic carbocycles. The average molecular weight is 299 g/mol. The molecule has 0 radical (unpaired) electrons. The molecule has 1 N–H and O–H groups in total. The quantitative estimate of drug-likeness (QED) is 0.881. The second-order valence-electron chi connectivity index (χ2n) is 3.76. The molecule has 2 aromatic carbocycles. The predicted octanol–water partition coefficient (Wildman–Crippen LogP) is 2.60. The lowest BCUT2D eigenvalue weighted by Gasteiger charge is -2.10. The largest absolute Gasteiger partial charge is 0.392 e. The molecule has 0 bridgehead atoms. The van der Waals surface area contributed by atoms with Crippen molar-refractivity contribution >= 4 is 21.7 Å².